The largest absolute Gasteiger partial charge is 0.481 e. The number of carbonyl (C=O) groups is 1. The number of halogens is 1. The molecule has 3 rings (SSSR count). The summed E-state index contributed by atoms with van der Waals surface area (Å²) in [4.78, 5) is 10.2. The number of alkyl halides is 1. The van der Waals surface area contributed by atoms with Crippen molar-refractivity contribution in [1.29, 1.82) is 0 Å². The number of carboxylic acid groups (broad SMARTS) is 1. The highest BCUT2D eigenvalue weighted by molar-refractivity contribution is 6.24. The van der Waals surface area contributed by atoms with Crippen molar-refractivity contribution >= 4 is 17.6 Å². The fraction of sp³-hybridized carbons (Fsp3) is 0.731. The molecule has 0 aromatic heterocycles. The van der Waals surface area contributed by atoms with Crippen molar-refractivity contribution in [3.63, 3.8) is 0 Å². The molecule has 0 spiro atoms. The van der Waals surface area contributed by atoms with Crippen molar-refractivity contribution in [2.24, 2.45) is 5.41 Å². The van der Waals surface area contributed by atoms with Gasteiger partial charge in [-0.1, -0.05) is 63.3 Å². The Balaban J connectivity index is 1.62. The Morgan fingerprint density at radius 2 is 1.77 bits per heavy atom. The van der Waals surface area contributed by atoms with E-state index in [4.69, 9.17) is 16.7 Å². The molecule has 2 aliphatic carbocycles. The number of aliphatic carboxylic acids is 1. The van der Waals surface area contributed by atoms with E-state index in [0.29, 0.717) is 12.8 Å². The molecule has 5 heteroatoms. The minimum absolute atomic E-state index is 0.0417. The number of unbranched alkanes of at least 4 members (excludes halogenated alkanes) is 3. The van der Waals surface area contributed by atoms with Crippen LogP contribution in [0.4, 0.5) is 0 Å². The second-order valence-electron chi connectivity index (χ2n) is 9.96. The average molecular weight is 451 g/mol. The van der Waals surface area contributed by atoms with Crippen molar-refractivity contribution in [2.75, 3.05) is 0 Å². The molecule has 4 atom stereocenters. The van der Waals surface area contributed by atoms with Crippen LogP contribution in [0.25, 0.3) is 0 Å². The zero-order chi connectivity index (χ0) is 22.5. The van der Waals surface area contributed by atoms with Crippen LogP contribution >= 0.6 is 11.6 Å². The molecule has 1 unspecified atom stereocenters. The summed E-state index contributed by atoms with van der Waals surface area (Å²) in [5.41, 5.74) is 2.07. The molecule has 0 bridgehead atoms. The van der Waals surface area contributed by atoms with E-state index in [-0.39, 0.29) is 17.8 Å². The Morgan fingerprint density at radius 1 is 1.10 bits per heavy atom. The van der Waals surface area contributed by atoms with Crippen molar-refractivity contribution in [3.8, 4) is 0 Å². The summed E-state index contributed by atoms with van der Waals surface area (Å²) in [7, 11) is 0. The molecule has 174 valence electrons. The molecule has 1 aromatic rings. The number of carboxylic acids is 1. The molecule has 3 N–H and O–H groups in total. The molecule has 0 saturated heterocycles. The van der Waals surface area contributed by atoms with Gasteiger partial charge in [-0.3, -0.25) is 4.79 Å². The molecule has 2 fully saturated rings. The lowest BCUT2D eigenvalue weighted by Crippen LogP contribution is -2.36. The topological polar surface area (TPSA) is 77.8 Å². The maximum Gasteiger partial charge on any atom is 0.303 e. The highest BCUT2D eigenvalue weighted by Gasteiger charge is 2.47. The molecule has 0 heterocycles. The fourth-order valence-corrected chi connectivity index (χ4v) is 6.45. The van der Waals surface area contributed by atoms with E-state index in [9.17, 15) is 15.0 Å². The Hall–Kier alpha value is -1.10. The van der Waals surface area contributed by atoms with E-state index >= 15 is 0 Å². The smallest absolute Gasteiger partial charge is 0.303 e. The number of hydrogen-bond acceptors (Lipinski definition) is 3. The number of rotatable bonds is 12. The van der Waals surface area contributed by atoms with Crippen LogP contribution < -0.4 is 0 Å². The first kappa shape index (κ1) is 24.5. The summed E-state index contributed by atoms with van der Waals surface area (Å²) in [5.74, 6) is -0.841. The third-order valence-corrected chi connectivity index (χ3v) is 8.43. The zero-order valence-electron chi connectivity index (χ0n) is 18.9. The van der Waals surface area contributed by atoms with Gasteiger partial charge in [-0.15, -0.1) is 11.6 Å². The lowest BCUT2D eigenvalue weighted by Gasteiger charge is -2.46. The highest BCUT2D eigenvalue weighted by Crippen LogP contribution is 2.54. The van der Waals surface area contributed by atoms with Gasteiger partial charge in [0.15, 0.2) is 0 Å². The summed E-state index contributed by atoms with van der Waals surface area (Å²) >= 11 is 7.07. The molecule has 0 amide bonds. The molecular formula is C26H39ClO4. The molecule has 2 aliphatic rings. The predicted molar refractivity (Wildman–Crippen MR) is 124 cm³/mol. The maximum absolute atomic E-state index is 11.0. The van der Waals surface area contributed by atoms with Crippen molar-refractivity contribution in [2.45, 2.75) is 113 Å². The second kappa shape index (κ2) is 10.7. The third-order valence-electron chi connectivity index (χ3n) is 7.82. The fourth-order valence-electron chi connectivity index (χ4n) is 5.93. The first-order valence-corrected chi connectivity index (χ1v) is 12.6. The monoisotopic (exact) mass is 450 g/mol. The summed E-state index contributed by atoms with van der Waals surface area (Å²) in [6.07, 6.45) is 10.8. The zero-order valence-corrected chi connectivity index (χ0v) is 19.6. The van der Waals surface area contributed by atoms with Gasteiger partial charge in [0, 0.05) is 17.8 Å². The summed E-state index contributed by atoms with van der Waals surface area (Å²) in [5, 5.41) is 30.5. The highest BCUT2D eigenvalue weighted by atomic mass is 35.5. The maximum atomic E-state index is 11.0. The van der Waals surface area contributed by atoms with Crippen LogP contribution in [0, 0.1) is 5.41 Å². The molecule has 4 nitrogen and oxygen atoms in total. The first-order valence-electron chi connectivity index (χ1n) is 12.2. The van der Waals surface area contributed by atoms with Gasteiger partial charge >= 0.3 is 5.97 Å². The van der Waals surface area contributed by atoms with Crippen LogP contribution in [0.2, 0.25) is 0 Å². The van der Waals surface area contributed by atoms with E-state index in [1.807, 2.05) is 12.1 Å². The minimum atomic E-state index is -0.737. The standard InChI is InChI=1S/C26H39ClO4/c1-2-14-25(15-7-16-25)24(31)20-11-9-19(10-12-20)23-21(28)13-18-26(23,27)17-6-4-3-5-8-22(29)30/h9-12,21,23-24,28,31H,2-8,13-18H2,1H3,(H,29,30)/t21-,23+,24?,26-/m1/s1. The Labute approximate surface area is 192 Å². The van der Waals surface area contributed by atoms with Crippen LogP contribution in [0.3, 0.4) is 0 Å². The van der Waals surface area contributed by atoms with Crippen LogP contribution in [0.5, 0.6) is 0 Å². The number of aliphatic hydroxyl groups is 2. The lowest BCUT2D eigenvalue weighted by molar-refractivity contribution is -0.137. The first-order chi connectivity index (χ1) is 14.8. The van der Waals surface area contributed by atoms with E-state index in [1.165, 1.54) is 6.42 Å². The van der Waals surface area contributed by atoms with Gasteiger partial charge in [0.1, 0.15) is 0 Å². The number of hydrogen-bond donors (Lipinski definition) is 3. The number of benzene rings is 1. The van der Waals surface area contributed by atoms with E-state index < -0.39 is 23.1 Å². The molecule has 31 heavy (non-hydrogen) atoms. The second-order valence-corrected chi connectivity index (χ2v) is 10.7. The van der Waals surface area contributed by atoms with Gasteiger partial charge < -0.3 is 15.3 Å². The molecule has 0 aliphatic heterocycles. The van der Waals surface area contributed by atoms with Gasteiger partial charge in [-0.05, 0) is 56.1 Å². The minimum Gasteiger partial charge on any atom is -0.481 e. The Kier molecular flexibility index (Phi) is 8.45. The van der Waals surface area contributed by atoms with Gasteiger partial charge in [-0.25, -0.2) is 0 Å². The molecule has 2 saturated carbocycles. The Bertz CT molecular complexity index is 715. The van der Waals surface area contributed by atoms with E-state index in [2.05, 4.69) is 19.1 Å². The van der Waals surface area contributed by atoms with Crippen LogP contribution in [-0.4, -0.2) is 32.3 Å². The van der Waals surface area contributed by atoms with Crippen LogP contribution in [0.1, 0.15) is 114 Å². The summed E-state index contributed by atoms with van der Waals surface area (Å²) in [6.45, 7) is 2.18. The van der Waals surface area contributed by atoms with Crippen molar-refractivity contribution in [1.82, 2.24) is 0 Å². The van der Waals surface area contributed by atoms with Crippen LogP contribution in [-0.2, 0) is 4.79 Å². The normalized spacial score (nSPS) is 28.3. The average Bonchev–Trinajstić information content (AvgIpc) is 3.01. The summed E-state index contributed by atoms with van der Waals surface area (Å²) < 4.78 is 0. The van der Waals surface area contributed by atoms with E-state index in [0.717, 1.165) is 68.9 Å². The van der Waals surface area contributed by atoms with Gasteiger partial charge in [0.25, 0.3) is 0 Å². The van der Waals surface area contributed by atoms with Gasteiger partial charge in [0.2, 0.25) is 0 Å². The predicted octanol–water partition coefficient (Wildman–Crippen LogP) is 6.33. The summed E-state index contributed by atoms with van der Waals surface area (Å²) in [6, 6.07) is 8.17. The van der Waals surface area contributed by atoms with Crippen LogP contribution in [0.15, 0.2) is 24.3 Å². The molecule has 1 aromatic carbocycles. The molecular weight excluding hydrogens is 412 g/mol. The quantitative estimate of drug-likeness (QED) is 0.257. The van der Waals surface area contributed by atoms with Crippen molar-refractivity contribution in [3.05, 3.63) is 35.4 Å². The SMILES string of the molecule is CCCC1(C(O)c2ccc([C@H]3[C@H](O)CC[C@]3(Cl)CCCCCCC(=O)O)cc2)CCC1. The van der Waals surface area contributed by atoms with Gasteiger partial charge in [0.05, 0.1) is 17.1 Å². The van der Waals surface area contributed by atoms with Gasteiger partial charge in [-0.2, -0.15) is 0 Å². The van der Waals surface area contributed by atoms with E-state index in [1.54, 1.807) is 0 Å². The lowest BCUT2D eigenvalue weighted by atomic mass is 9.61. The Morgan fingerprint density at radius 3 is 2.35 bits per heavy atom. The molecule has 0 radical (unpaired) electrons. The third kappa shape index (κ3) is 5.64. The number of aliphatic hydroxyl groups excluding tert-OH is 2. The van der Waals surface area contributed by atoms with Crippen molar-refractivity contribution < 1.29 is 20.1 Å².